The number of aromatic nitrogens is 1. The second-order valence-electron chi connectivity index (χ2n) is 3.94. The first-order chi connectivity index (χ1) is 6.13. The number of fused-ring (bicyclic) bond motifs is 1. The lowest BCUT2D eigenvalue weighted by molar-refractivity contribution is 0.568. The van der Waals surface area contributed by atoms with E-state index in [1.165, 1.54) is 0 Å². The minimum Gasteiger partial charge on any atom is -0.383 e. The van der Waals surface area contributed by atoms with Gasteiger partial charge in [0.2, 0.25) is 0 Å². The van der Waals surface area contributed by atoms with Crippen LogP contribution in [0.2, 0.25) is 0 Å². The van der Waals surface area contributed by atoms with Gasteiger partial charge in [0.05, 0.1) is 11.4 Å². The highest BCUT2D eigenvalue weighted by atomic mass is 15.0. The van der Waals surface area contributed by atoms with Crippen molar-refractivity contribution in [3.8, 4) is 6.07 Å². The topological polar surface area (TPSA) is 48.7 Å². The van der Waals surface area contributed by atoms with Crippen LogP contribution in [0.25, 0.3) is 0 Å². The van der Waals surface area contributed by atoms with Gasteiger partial charge in [-0.05, 0) is 12.1 Å². The fraction of sp³-hybridized carbons (Fsp3) is 0.400. The van der Waals surface area contributed by atoms with Gasteiger partial charge in [-0.15, -0.1) is 0 Å². The lowest BCUT2D eigenvalue weighted by Crippen LogP contribution is -2.20. The number of pyridine rings is 1. The number of hydrogen-bond acceptors (Lipinski definition) is 3. The molecule has 1 aliphatic heterocycles. The summed E-state index contributed by atoms with van der Waals surface area (Å²) in [4.78, 5) is 4.30. The van der Waals surface area contributed by atoms with Gasteiger partial charge in [-0.1, -0.05) is 13.8 Å². The smallest absolute Gasteiger partial charge is 0.140 e. The van der Waals surface area contributed by atoms with Crippen LogP contribution in [0, 0.1) is 11.3 Å². The predicted octanol–water partition coefficient (Wildman–Crippen LogP) is 1.66. The van der Waals surface area contributed by atoms with Crippen LogP contribution < -0.4 is 5.32 Å². The summed E-state index contributed by atoms with van der Waals surface area (Å²) in [6, 6.07) is 5.73. The molecular weight excluding hydrogens is 162 g/mol. The van der Waals surface area contributed by atoms with Crippen molar-refractivity contribution >= 4 is 5.69 Å². The molecule has 1 aromatic rings. The predicted molar refractivity (Wildman–Crippen MR) is 50.5 cm³/mol. The molecule has 66 valence electrons. The summed E-state index contributed by atoms with van der Waals surface area (Å²) in [5.41, 5.74) is 2.61. The summed E-state index contributed by atoms with van der Waals surface area (Å²) >= 11 is 0. The maximum Gasteiger partial charge on any atom is 0.140 e. The van der Waals surface area contributed by atoms with Crippen molar-refractivity contribution in [2.24, 2.45) is 0 Å². The van der Waals surface area contributed by atoms with Gasteiger partial charge in [0, 0.05) is 12.0 Å². The number of rotatable bonds is 0. The molecule has 1 aliphatic rings. The zero-order chi connectivity index (χ0) is 9.47. The summed E-state index contributed by atoms with van der Waals surface area (Å²) < 4.78 is 0. The molecule has 0 atom stereocenters. The third-order valence-corrected chi connectivity index (χ3v) is 2.37. The van der Waals surface area contributed by atoms with Crippen LogP contribution in [-0.2, 0) is 5.41 Å². The van der Waals surface area contributed by atoms with E-state index in [0.29, 0.717) is 5.69 Å². The van der Waals surface area contributed by atoms with E-state index in [9.17, 15) is 0 Å². The van der Waals surface area contributed by atoms with E-state index < -0.39 is 0 Å². The molecule has 2 heterocycles. The highest BCUT2D eigenvalue weighted by Gasteiger charge is 2.31. The Labute approximate surface area is 77.4 Å². The maximum atomic E-state index is 8.71. The molecule has 0 spiro atoms. The van der Waals surface area contributed by atoms with Gasteiger partial charge >= 0.3 is 0 Å². The molecule has 0 saturated heterocycles. The van der Waals surface area contributed by atoms with Crippen LogP contribution in [0.5, 0.6) is 0 Å². The molecule has 0 aliphatic carbocycles. The molecular formula is C10H11N3. The van der Waals surface area contributed by atoms with Gasteiger partial charge in [0.25, 0.3) is 0 Å². The van der Waals surface area contributed by atoms with Crippen LogP contribution in [0.15, 0.2) is 12.1 Å². The number of anilines is 1. The lowest BCUT2D eigenvalue weighted by Gasteiger charge is -2.15. The van der Waals surface area contributed by atoms with Crippen molar-refractivity contribution in [2.75, 3.05) is 11.9 Å². The van der Waals surface area contributed by atoms with Crippen molar-refractivity contribution < 1.29 is 0 Å². The first-order valence-electron chi connectivity index (χ1n) is 4.29. The quantitative estimate of drug-likeness (QED) is 0.649. The Morgan fingerprint density at radius 2 is 2.31 bits per heavy atom. The summed E-state index contributed by atoms with van der Waals surface area (Å²) in [5, 5.41) is 12.0. The molecule has 1 N–H and O–H groups in total. The van der Waals surface area contributed by atoms with Crippen LogP contribution in [0.4, 0.5) is 5.69 Å². The maximum absolute atomic E-state index is 8.71. The van der Waals surface area contributed by atoms with Gasteiger partial charge < -0.3 is 5.32 Å². The fourth-order valence-electron chi connectivity index (χ4n) is 1.58. The molecule has 2 rings (SSSR count). The first kappa shape index (κ1) is 8.06. The normalized spacial score (nSPS) is 17.3. The molecule has 0 radical (unpaired) electrons. The Bertz CT molecular complexity index is 388. The van der Waals surface area contributed by atoms with Crippen molar-refractivity contribution in [1.82, 2.24) is 4.98 Å². The SMILES string of the molecule is CC1(C)CNc2ccc(C#N)nc21. The summed E-state index contributed by atoms with van der Waals surface area (Å²) in [6.07, 6.45) is 0. The largest absolute Gasteiger partial charge is 0.383 e. The molecule has 3 heteroatoms. The minimum absolute atomic E-state index is 0.0438. The third-order valence-electron chi connectivity index (χ3n) is 2.37. The van der Waals surface area contributed by atoms with Crippen molar-refractivity contribution in [2.45, 2.75) is 19.3 Å². The molecule has 0 fully saturated rings. The van der Waals surface area contributed by atoms with E-state index >= 15 is 0 Å². The van der Waals surface area contributed by atoms with Crippen LogP contribution in [0.3, 0.4) is 0 Å². The van der Waals surface area contributed by atoms with E-state index in [2.05, 4.69) is 30.2 Å². The summed E-state index contributed by atoms with van der Waals surface area (Å²) in [5.74, 6) is 0. The molecule has 13 heavy (non-hydrogen) atoms. The molecule has 3 nitrogen and oxygen atoms in total. The van der Waals surface area contributed by atoms with E-state index in [1.54, 1.807) is 6.07 Å². The number of nitrogens with zero attached hydrogens (tertiary/aromatic N) is 2. The fourth-order valence-corrected chi connectivity index (χ4v) is 1.58. The Kier molecular flexibility index (Phi) is 1.53. The summed E-state index contributed by atoms with van der Waals surface area (Å²) in [6.45, 7) is 5.14. The Balaban J connectivity index is 2.57. The standard InChI is InChI=1S/C10H11N3/c1-10(2)6-12-8-4-3-7(5-11)13-9(8)10/h3-4,12H,6H2,1-2H3. The molecule has 0 aromatic carbocycles. The number of nitrogens with one attached hydrogen (secondary N) is 1. The minimum atomic E-state index is 0.0438. The molecule has 0 bridgehead atoms. The van der Waals surface area contributed by atoms with Gasteiger partial charge in [-0.2, -0.15) is 5.26 Å². The second kappa shape index (κ2) is 2.46. The van der Waals surface area contributed by atoms with E-state index in [4.69, 9.17) is 5.26 Å². The molecule has 0 saturated carbocycles. The van der Waals surface area contributed by atoms with Crippen molar-refractivity contribution in [3.63, 3.8) is 0 Å². The average molecular weight is 173 g/mol. The highest BCUT2D eigenvalue weighted by molar-refractivity contribution is 5.57. The molecule has 1 aromatic heterocycles. The highest BCUT2D eigenvalue weighted by Crippen LogP contribution is 2.34. The number of hydrogen-bond donors (Lipinski definition) is 1. The van der Waals surface area contributed by atoms with E-state index in [-0.39, 0.29) is 5.41 Å². The summed E-state index contributed by atoms with van der Waals surface area (Å²) in [7, 11) is 0. The zero-order valence-corrected chi connectivity index (χ0v) is 7.76. The monoisotopic (exact) mass is 173 g/mol. The van der Waals surface area contributed by atoms with Crippen molar-refractivity contribution in [3.05, 3.63) is 23.5 Å². The average Bonchev–Trinajstić information content (AvgIpc) is 2.42. The van der Waals surface area contributed by atoms with E-state index in [0.717, 1.165) is 17.9 Å². The lowest BCUT2D eigenvalue weighted by atomic mass is 9.91. The van der Waals surface area contributed by atoms with Gasteiger partial charge in [-0.3, -0.25) is 0 Å². The van der Waals surface area contributed by atoms with E-state index in [1.807, 2.05) is 6.07 Å². The van der Waals surface area contributed by atoms with Gasteiger partial charge in [0.1, 0.15) is 11.8 Å². The van der Waals surface area contributed by atoms with Gasteiger partial charge in [-0.25, -0.2) is 4.98 Å². The zero-order valence-electron chi connectivity index (χ0n) is 7.76. The first-order valence-corrected chi connectivity index (χ1v) is 4.29. The number of nitriles is 1. The van der Waals surface area contributed by atoms with Crippen LogP contribution in [0.1, 0.15) is 25.2 Å². The third kappa shape index (κ3) is 1.15. The van der Waals surface area contributed by atoms with Crippen molar-refractivity contribution in [1.29, 1.82) is 5.26 Å². The Hall–Kier alpha value is -1.56. The van der Waals surface area contributed by atoms with Gasteiger partial charge in [0.15, 0.2) is 0 Å². The molecule has 0 amide bonds. The Morgan fingerprint density at radius 1 is 1.54 bits per heavy atom. The molecule has 0 unspecified atom stereocenters. The second-order valence-corrected chi connectivity index (χ2v) is 3.94. The van der Waals surface area contributed by atoms with Crippen LogP contribution in [-0.4, -0.2) is 11.5 Å². The Morgan fingerprint density at radius 3 is 3.00 bits per heavy atom. The van der Waals surface area contributed by atoms with Crippen LogP contribution >= 0.6 is 0 Å².